The molecule has 3 aromatic heterocycles. The second-order valence-corrected chi connectivity index (χ2v) is 11.3. The van der Waals surface area contributed by atoms with Gasteiger partial charge in [0, 0.05) is 25.6 Å². The van der Waals surface area contributed by atoms with E-state index in [1.807, 2.05) is 19.9 Å². The Labute approximate surface area is 229 Å². The molecule has 6 rings (SSSR count). The Morgan fingerprint density at radius 2 is 1.85 bits per heavy atom. The van der Waals surface area contributed by atoms with Crippen LogP contribution in [0.4, 0.5) is 30.5 Å². The summed E-state index contributed by atoms with van der Waals surface area (Å²) in [4.78, 5) is 28.3. The normalized spacial score (nSPS) is 19.6. The van der Waals surface area contributed by atoms with Gasteiger partial charge in [-0.3, -0.25) is 4.79 Å². The first-order valence-electron chi connectivity index (χ1n) is 13.7. The van der Waals surface area contributed by atoms with E-state index in [2.05, 4.69) is 35.7 Å². The number of rotatable bonds is 6. The van der Waals surface area contributed by atoms with Gasteiger partial charge < -0.3 is 20.0 Å². The molecule has 1 amide bonds. The lowest BCUT2D eigenvalue weighted by Crippen LogP contribution is -2.36. The predicted octanol–water partition coefficient (Wildman–Crippen LogP) is 5.16. The van der Waals surface area contributed by atoms with Crippen molar-refractivity contribution in [3.8, 4) is 11.6 Å². The van der Waals surface area contributed by atoms with E-state index in [4.69, 9.17) is 9.40 Å². The van der Waals surface area contributed by atoms with Gasteiger partial charge in [-0.25, -0.2) is 15.0 Å². The van der Waals surface area contributed by atoms with Crippen molar-refractivity contribution in [2.75, 3.05) is 35.2 Å². The molecule has 10 nitrogen and oxygen atoms in total. The number of amides is 1. The lowest BCUT2D eigenvalue weighted by atomic mass is 9.86. The Hall–Kier alpha value is -3.77. The fourth-order valence-corrected chi connectivity index (χ4v) is 5.99. The molecule has 2 aliphatic heterocycles. The standard InChI is InChI=1S/C27H31F3N8O2/c1-26(2)19-21(35-24(26)39)32-14-33-22(19)38-11-9-16(10-12-38)20-17(31-13-15-5-3-4-6-15)7-8-18(34-20)23-36-37-25(40-23)27(28,29)30/h7-8,14-16,31H,3-6,9-13H2,1-2H3,(H,32,33,35,39). The predicted molar refractivity (Wildman–Crippen MR) is 141 cm³/mol. The Bertz CT molecular complexity index is 1410. The lowest BCUT2D eigenvalue weighted by molar-refractivity contribution is -0.157. The van der Waals surface area contributed by atoms with Crippen molar-refractivity contribution < 1.29 is 22.4 Å². The Kier molecular flexibility index (Phi) is 6.62. The van der Waals surface area contributed by atoms with Gasteiger partial charge in [0.05, 0.1) is 22.4 Å². The van der Waals surface area contributed by atoms with Crippen LogP contribution < -0.4 is 15.5 Å². The molecule has 0 radical (unpaired) electrons. The summed E-state index contributed by atoms with van der Waals surface area (Å²) in [6.07, 6.45) is 3.07. The van der Waals surface area contributed by atoms with Gasteiger partial charge in [-0.2, -0.15) is 13.2 Å². The third kappa shape index (κ3) is 4.86. The second-order valence-electron chi connectivity index (χ2n) is 11.3. The number of alkyl halides is 3. The molecule has 0 bridgehead atoms. The van der Waals surface area contributed by atoms with E-state index >= 15 is 0 Å². The molecule has 5 heterocycles. The van der Waals surface area contributed by atoms with E-state index in [-0.39, 0.29) is 23.4 Å². The Morgan fingerprint density at radius 3 is 2.55 bits per heavy atom. The van der Waals surface area contributed by atoms with Crippen LogP contribution >= 0.6 is 0 Å². The van der Waals surface area contributed by atoms with Crippen LogP contribution in [0.2, 0.25) is 0 Å². The molecule has 0 atom stereocenters. The molecular formula is C27H31F3N8O2. The molecule has 40 heavy (non-hydrogen) atoms. The van der Waals surface area contributed by atoms with E-state index in [0.717, 1.165) is 42.1 Å². The minimum Gasteiger partial charge on any atom is -0.411 e. The summed E-state index contributed by atoms with van der Waals surface area (Å²) in [5, 5.41) is 13.2. The van der Waals surface area contributed by atoms with E-state index < -0.39 is 17.5 Å². The zero-order valence-corrected chi connectivity index (χ0v) is 22.4. The number of halogens is 3. The summed E-state index contributed by atoms with van der Waals surface area (Å²) < 4.78 is 44.1. The van der Waals surface area contributed by atoms with Crippen molar-refractivity contribution in [3.63, 3.8) is 0 Å². The van der Waals surface area contributed by atoms with Crippen molar-refractivity contribution in [2.45, 2.75) is 69.9 Å². The maximum atomic E-state index is 13.1. The molecule has 1 saturated heterocycles. The first-order valence-corrected chi connectivity index (χ1v) is 13.7. The van der Waals surface area contributed by atoms with Gasteiger partial charge in [0.2, 0.25) is 5.91 Å². The maximum Gasteiger partial charge on any atom is 0.470 e. The van der Waals surface area contributed by atoms with Crippen LogP contribution in [0.15, 0.2) is 22.9 Å². The van der Waals surface area contributed by atoms with Gasteiger partial charge in [-0.15, -0.1) is 10.2 Å². The average molecular weight is 557 g/mol. The van der Waals surface area contributed by atoms with Gasteiger partial charge in [-0.1, -0.05) is 12.8 Å². The summed E-state index contributed by atoms with van der Waals surface area (Å²) >= 11 is 0. The first kappa shape index (κ1) is 26.5. The largest absolute Gasteiger partial charge is 0.470 e. The second kappa shape index (κ2) is 10.0. The minimum atomic E-state index is -4.72. The van der Waals surface area contributed by atoms with Crippen LogP contribution in [0.1, 0.15) is 75.4 Å². The number of nitrogens with zero attached hydrogens (tertiary/aromatic N) is 6. The van der Waals surface area contributed by atoms with Gasteiger partial charge in [0.25, 0.3) is 5.89 Å². The molecule has 3 aliphatic rings. The number of aromatic nitrogens is 5. The third-order valence-electron chi connectivity index (χ3n) is 8.30. The highest BCUT2D eigenvalue weighted by molar-refractivity contribution is 6.06. The highest BCUT2D eigenvalue weighted by atomic mass is 19.4. The van der Waals surface area contributed by atoms with Crippen LogP contribution in [-0.4, -0.2) is 50.7 Å². The van der Waals surface area contributed by atoms with Crippen molar-refractivity contribution in [3.05, 3.63) is 35.6 Å². The first-order chi connectivity index (χ1) is 19.1. The van der Waals surface area contributed by atoms with E-state index in [1.165, 1.54) is 32.0 Å². The molecule has 13 heteroatoms. The van der Waals surface area contributed by atoms with Crippen molar-refractivity contribution in [1.29, 1.82) is 0 Å². The highest BCUT2D eigenvalue weighted by Crippen LogP contribution is 2.43. The Morgan fingerprint density at radius 1 is 1.10 bits per heavy atom. The number of anilines is 3. The lowest BCUT2D eigenvalue weighted by Gasteiger charge is -2.35. The van der Waals surface area contributed by atoms with Crippen LogP contribution in [0.5, 0.6) is 0 Å². The summed E-state index contributed by atoms with van der Waals surface area (Å²) in [6.45, 7) is 5.91. The fraction of sp³-hybridized carbons (Fsp3) is 0.556. The Balaban J connectivity index is 1.25. The number of carbonyl (C=O) groups is 1. The average Bonchev–Trinajstić information content (AvgIpc) is 3.68. The monoisotopic (exact) mass is 556 g/mol. The fourth-order valence-electron chi connectivity index (χ4n) is 5.99. The topological polar surface area (TPSA) is 122 Å². The van der Waals surface area contributed by atoms with E-state index in [9.17, 15) is 18.0 Å². The van der Waals surface area contributed by atoms with Crippen LogP contribution in [0, 0.1) is 5.92 Å². The van der Waals surface area contributed by atoms with Crippen molar-refractivity contribution >= 4 is 23.2 Å². The quantitative estimate of drug-likeness (QED) is 0.424. The molecule has 0 spiro atoms. The summed E-state index contributed by atoms with van der Waals surface area (Å²) in [5.41, 5.74) is 1.94. The smallest absolute Gasteiger partial charge is 0.411 e. The summed E-state index contributed by atoms with van der Waals surface area (Å²) in [6, 6.07) is 3.48. The number of piperidine rings is 1. The third-order valence-corrected chi connectivity index (χ3v) is 8.30. The summed E-state index contributed by atoms with van der Waals surface area (Å²) in [5.74, 6) is 0.188. The SMILES string of the molecule is CC1(C)C(=O)Nc2ncnc(N3CCC(c4nc(-c5nnc(C(F)(F)F)o5)ccc4NCC4CCCC4)CC3)c21. The number of carbonyl (C=O) groups excluding carboxylic acids is 1. The van der Waals surface area contributed by atoms with Crippen molar-refractivity contribution in [1.82, 2.24) is 25.1 Å². The van der Waals surface area contributed by atoms with Crippen molar-refractivity contribution in [2.24, 2.45) is 5.92 Å². The van der Waals surface area contributed by atoms with Crippen LogP contribution in [0.3, 0.4) is 0 Å². The van der Waals surface area contributed by atoms with Gasteiger partial charge in [0.1, 0.15) is 23.7 Å². The zero-order chi connectivity index (χ0) is 28.1. The molecule has 2 fully saturated rings. The van der Waals surface area contributed by atoms with E-state index in [0.29, 0.717) is 24.8 Å². The molecule has 2 N–H and O–H groups in total. The maximum absolute atomic E-state index is 13.1. The molecule has 0 aromatic carbocycles. The number of nitrogens with one attached hydrogen (secondary N) is 2. The zero-order valence-electron chi connectivity index (χ0n) is 22.4. The molecule has 1 saturated carbocycles. The number of pyridine rings is 1. The van der Waals surface area contributed by atoms with Gasteiger partial charge >= 0.3 is 12.1 Å². The van der Waals surface area contributed by atoms with E-state index in [1.54, 1.807) is 6.07 Å². The van der Waals surface area contributed by atoms with Gasteiger partial charge in [0.15, 0.2) is 0 Å². The highest BCUT2D eigenvalue weighted by Gasteiger charge is 2.43. The number of fused-ring (bicyclic) bond motifs is 1. The van der Waals surface area contributed by atoms with Gasteiger partial charge in [-0.05, 0) is 57.6 Å². The number of hydrogen-bond donors (Lipinski definition) is 2. The van der Waals surface area contributed by atoms with Crippen LogP contribution in [-0.2, 0) is 16.4 Å². The molecular weight excluding hydrogens is 525 g/mol. The summed E-state index contributed by atoms with van der Waals surface area (Å²) in [7, 11) is 0. The minimum absolute atomic E-state index is 0.0509. The molecule has 212 valence electrons. The molecule has 0 unspecified atom stereocenters. The van der Waals surface area contributed by atoms with Crippen LogP contribution in [0.25, 0.3) is 11.6 Å². The number of hydrogen-bond acceptors (Lipinski definition) is 9. The molecule has 3 aromatic rings. The molecule has 1 aliphatic carbocycles.